The summed E-state index contributed by atoms with van der Waals surface area (Å²) in [6.07, 6.45) is 6.63. The highest BCUT2D eigenvalue weighted by Gasteiger charge is 2.29. The number of hydrogen-bond donors (Lipinski definition) is 1. The van der Waals surface area contributed by atoms with Gasteiger partial charge in [-0.1, -0.05) is 0 Å². The normalized spacial score (nSPS) is 22.9. The van der Waals surface area contributed by atoms with Gasteiger partial charge in [0, 0.05) is 29.2 Å². The van der Waals surface area contributed by atoms with Crippen LogP contribution >= 0.6 is 0 Å². The van der Waals surface area contributed by atoms with Crippen molar-refractivity contribution in [3.05, 3.63) is 29.6 Å². The number of hydrogen-bond acceptors (Lipinski definition) is 3. The lowest BCUT2D eigenvalue weighted by molar-refractivity contribution is -0.112. The van der Waals surface area contributed by atoms with E-state index in [0.29, 0.717) is 16.9 Å². The van der Waals surface area contributed by atoms with Gasteiger partial charge in [-0.05, 0) is 57.6 Å². The molecule has 0 amide bonds. The predicted molar refractivity (Wildman–Crippen MR) is 87.7 cm³/mol. The lowest BCUT2D eigenvalue weighted by Crippen LogP contribution is -2.24. The third kappa shape index (κ3) is 2.64. The van der Waals surface area contributed by atoms with Crippen LogP contribution in [-0.4, -0.2) is 26.9 Å². The fourth-order valence-electron chi connectivity index (χ4n) is 4.00. The highest BCUT2D eigenvalue weighted by Crippen LogP contribution is 2.38. The molecule has 0 aliphatic heterocycles. The van der Waals surface area contributed by atoms with E-state index in [1.54, 1.807) is 12.3 Å². The van der Waals surface area contributed by atoms with Crippen LogP contribution in [0.15, 0.2) is 18.3 Å². The van der Waals surface area contributed by atoms with Crippen LogP contribution in [0, 0.1) is 18.8 Å². The summed E-state index contributed by atoms with van der Waals surface area (Å²) >= 11 is 0. The van der Waals surface area contributed by atoms with E-state index in [1.165, 1.54) is 0 Å². The number of aromatic nitrogens is 2. The molecule has 0 bridgehead atoms. The summed E-state index contributed by atoms with van der Waals surface area (Å²) in [6, 6.07) is 3.78. The van der Waals surface area contributed by atoms with Crippen LogP contribution < -0.4 is 0 Å². The molecule has 1 aliphatic rings. The van der Waals surface area contributed by atoms with Gasteiger partial charge in [0.1, 0.15) is 11.9 Å². The van der Waals surface area contributed by atoms with Crippen LogP contribution in [0.5, 0.6) is 0 Å². The van der Waals surface area contributed by atoms with E-state index in [1.807, 2.05) is 13.0 Å². The van der Waals surface area contributed by atoms with Gasteiger partial charge in [-0.3, -0.25) is 0 Å². The van der Waals surface area contributed by atoms with Crippen LogP contribution in [0.3, 0.4) is 0 Å². The molecule has 1 N–H and O–H groups in total. The zero-order chi connectivity index (χ0) is 16.6. The van der Waals surface area contributed by atoms with E-state index in [9.17, 15) is 14.7 Å². The molecule has 0 saturated heterocycles. The molecule has 3 rings (SSSR count). The Hall–Kier alpha value is -2.17. The second-order valence-electron chi connectivity index (χ2n) is 6.56. The van der Waals surface area contributed by atoms with Crippen molar-refractivity contribution in [3.63, 3.8) is 0 Å². The Morgan fingerprint density at radius 2 is 2.09 bits per heavy atom. The maximum absolute atomic E-state index is 11.6. The van der Waals surface area contributed by atoms with E-state index < -0.39 is 5.97 Å². The molecule has 0 aromatic carbocycles. The summed E-state index contributed by atoms with van der Waals surface area (Å²) in [5.74, 6) is -0.270. The minimum atomic E-state index is -0.906. The summed E-state index contributed by atoms with van der Waals surface area (Å²) in [5, 5.41) is 10.3. The zero-order valence-electron chi connectivity index (χ0n) is 13.5. The number of rotatable bonds is 4. The van der Waals surface area contributed by atoms with Crippen molar-refractivity contribution in [2.75, 3.05) is 0 Å². The van der Waals surface area contributed by atoms with Crippen molar-refractivity contribution in [1.29, 1.82) is 0 Å². The highest BCUT2D eigenvalue weighted by molar-refractivity contribution is 6.04. The standard InChI is InChI=1S/C18H22N2O3/c1-11(14-7-5-13(10-21)6-8-14)20-12(2)16(18(22)23)15-4-3-9-19-17(15)20/h3-4,9-11,13-14H,5-8H2,1-2H3,(H,22,23). The number of aldehydes is 1. The molecular formula is C18H22N2O3. The van der Waals surface area contributed by atoms with Gasteiger partial charge in [0.25, 0.3) is 0 Å². The molecular weight excluding hydrogens is 292 g/mol. The molecule has 1 aliphatic carbocycles. The molecule has 5 heteroatoms. The molecule has 2 aromatic heterocycles. The molecule has 1 unspecified atom stereocenters. The number of carboxylic acid groups (broad SMARTS) is 1. The van der Waals surface area contributed by atoms with E-state index >= 15 is 0 Å². The molecule has 5 nitrogen and oxygen atoms in total. The van der Waals surface area contributed by atoms with E-state index in [4.69, 9.17) is 0 Å². The fourth-order valence-corrected chi connectivity index (χ4v) is 4.00. The Morgan fingerprint density at radius 1 is 1.39 bits per heavy atom. The highest BCUT2D eigenvalue weighted by atomic mass is 16.4. The monoisotopic (exact) mass is 314 g/mol. The van der Waals surface area contributed by atoms with Gasteiger partial charge in [-0.2, -0.15) is 0 Å². The number of carboxylic acids is 1. The third-order valence-corrected chi connectivity index (χ3v) is 5.32. The second-order valence-corrected chi connectivity index (χ2v) is 6.56. The summed E-state index contributed by atoms with van der Waals surface area (Å²) < 4.78 is 2.07. The first-order chi connectivity index (χ1) is 11.0. The van der Waals surface area contributed by atoms with Crippen molar-refractivity contribution < 1.29 is 14.7 Å². The molecule has 1 atom stereocenters. The quantitative estimate of drug-likeness (QED) is 0.875. The van der Waals surface area contributed by atoms with Crippen LogP contribution in [0.25, 0.3) is 11.0 Å². The summed E-state index contributed by atoms with van der Waals surface area (Å²) in [4.78, 5) is 27.0. The minimum absolute atomic E-state index is 0.174. The smallest absolute Gasteiger partial charge is 0.338 e. The van der Waals surface area contributed by atoms with Gasteiger partial charge in [-0.15, -0.1) is 0 Å². The Labute approximate surface area is 135 Å². The van der Waals surface area contributed by atoms with E-state index in [-0.39, 0.29) is 12.0 Å². The van der Waals surface area contributed by atoms with Crippen LogP contribution in [0.1, 0.15) is 54.7 Å². The summed E-state index contributed by atoms with van der Waals surface area (Å²) in [5.41, 5.74) is 1.85. The first-order valence-corrected chi connectivity index (χ1v) is 8.18. The molecule has 0 spiro atoms. The van der Waals surface area contributed by atoms with Crippen molar-refractivity contribution >= 4 is 23.3 Å². The molecule has 0 radical (unpaired) electrons. The Balaban J connectivity index is 2.01. The number of pyridine rings is 1. The van der Waals surface area contributed by atoms with Gasteiger partial charge in [0.2, 0.25) is 0 Å². The predicted octanol–water partition coefficient (Wildman–Crippen LogP) is 3.61. The average Bonchev–Trinajstić information content (AvgIpc) is 2.86. The first kappa shape index (κ1) is 15.7. The summed E-state index contributed by atoms with van der Waals surface area (Å²) in [6.45, 7) is 4.00. The average molecular weight is 314 g/mol. The van der Waals surface area contributed by atoms with Gasteiger partial charge in [0.15, 0.2) is 0 Å². The number of nitrogens with zero attached hydrogens (tertiary/aromatic N) is 2. The van der Waals surface area contributed by atoms with Crippen molar-refractivity contribution in [2.24, 2.45) is 11.8 Å². The topological polar surface area (TPSA) is 72.2 Å². The molecule has 23 heavy (non-hydrogen) atoms. The van der Waals surface area contributed by atoms with Gasteiger partial charge < -0.3 is 14.5 Å². The Morgan fingerprint density at radius 3 is 2.70 bits per heavy atom. The van der Waals surface area contributed by atoms with Crippen LogP contribution in [0.4, 0.5) is 0 Å². The molecule has 2 aromatic rings. The van der Waals surface area contributed by atoms with Crippen molar-refractivity contribution in [2.45, 2.75) is 45.6 Å². The largest absolute Gasteiger partial charge is 0.478 e. The molecule has 1 saturated carbocycles. The summed E-state index contributed by atoms with van der Waals surface area (Å²) in [7, 11) is 0. The lowest BCUT2D eigenvalue weighted by atomic mass is 9.79. The first-order valence-electron chi connectivity index (χ1n) is 8.18. The third-order valence-electron chi connectivity index (χ3n) is 5.32. The second kappa shape index (κ2) is 6.14. The van der Waals surface area contributed by atoms with Gasteiger partial charge >= 0.3 is 5.97 Å². The Bertz CT molecular complexity index is 742. The van der Waals surface area contributed by atoms with Crippen molar-refractivity contribution in [1.82, 2.24) is 9.55 Å². The van der Waals surface area contributed by atoms with E-state index in [2.05, 4.69) is 16.5 Å². The molecule has 122 valence electrons. The number of aromatic carboxylic acids is 1. The number of carbonyl (C=O) groups is 2. The zero-order valence-corrected chi connectivity index (χ0v) is 13.5. The van der Waals surface area contributed by atoms with Gasteiger partial charge in [0.05, 0.1) is 5.56 Å². The van der Waals surface area contributed by atoms with Gasteiger partial charge in [-0.25, -0.2) is 9.78 Å². The maximum Gasteiger partial charge on any atom is 0.338 e. The molecule has 1 fully saturated rings. The Kier molecular flexibility index (Phi) is 4.20. The van der Waals surface area contributed by atoms with Crippen molar-refractivity contribution in [3.8, 4) is 0 Å². The van der Waals surface area contributed by atoms with Crippen LogP contribution in [0.2, 0.25) is 0 Å². The SMILES string of the molecule is Cc1c(C(=O)O)c2cccnc2n1C(C)C1CCC(C=O)CC1. The lowest BCUT2D eigenvalue weighted by Gasteiger charge is -2.32. The fraction of sp³-hybridized carbons (Fsp3) is 0.500. The van der Waals surface area contributed by atoms with E-state index in [0.717, 1.165) is 43.3 Å². The van der Waals surface area contributed by atoms with Crippen LogP contribution in [-0.2, 0) is 4.79 Å². The maximum atomic E-state index is 11.6. The molecule has 2 heterocycles. The number of carbonyl (C=O) groups excluding carboxylic acids is 1. The minimum Gasteiger partial charge on any atom is -0.478 e. The number of fused-ring (bicyclic) bond motifs is 1.